The first-order valence-corrected chi connectivity index (χ1v) is 6.43. The summed E-state index contributed by atoms with van der Waals surface area (Å²) < 4.78 is 0. The van der Waals surface area contributed by atoms with E-state index in [9.17, 15) is 0 Å². The molecule has 88 valence electrons. The Balaban J connectivity index is 1.95. The van der Waals surface area contributed by atoms with E-state index in [1.807, 2.05) is 12.1 Å². The zero-order valence-corrected chi connectivity index (χ0v) is 10.8. The third-order valence-electron chi connectivity index (χ3n) is 3.12. The SMILES string of the molecule is CC(CCc1cccc(Cl)c1)c1ccccc1. The Hall–Kier alpha value is -1.27. The highest BCUT2D eigenvalue weighted by atomic mass is 35.5. The van der Waals surface area contributed by atoms with E-state index >= 15 is 0 Å². The number of benzene rings is 2. The van der Waals surface area contributed by atoms with E-state index in [2.05, 4.69) is 49.4 Å². The number of hydrogen-bond donors (Lipinski definition) is 0. The molecule has 2 aromatic rings. The standard InChI is InChI=1S/C16H17Cl/c1-13(15-7-3-2-4-8-15)10-11-14-6-5-9-16(17)12-14/h2-9,12-13H,10-11H2,1H3. The highest BCUT2D eigenvalue weighted by Crippen LogP contribution is 2.21. The Morgan fingerprint density at radius 3 is 2.47 bits per heavy atom. The van der Waals surface area contributed by atoms with Crippen molar-refractivity contribution in [1.29, 1.82) is 0 Å². The second-order valence-corrected chi connectivity index (χ2v) is 4.92. The summed E-state index contributed by atoms with van der Waals surface area (Å²) in [4.78, 5) is 0. The van der Waals surface area contributed by atoms with Gasteiger partial charge in [-0.05, 0) is 42.0 Å². The van der Waals surface area contributed by atoms with Crippen LogP contribution in [0.25, 0.3) is 0 Å². The molecule has 0 fully saturated rings. The molecule has 0 aliphatic carbocycles. The van der Waals surface area contributed by atoms with Gasteiger partial charge in [0.1, 0.15) is 0 Å². The third-order valence-corrected chi connectivity index (χ3v) is 3.36. The lowest BCUT2D eigenvalue weighted by molar-refractivity contribution is 0.679. The number of hydrogen-bond acceptors (Lipinski definition) is 0. The molecule has 2 aromatic carbocycles. The van der Waals surface area contributed by atoms with Gasteiger partial charge in [-0.1, -0.05) is 61.0 Å². The van der Waals surface area contributed by atoms with Gasteiger partial charge in [0, 0.05) is 5.02 Å². The second-order valence-electron chi connectivity index (χ2n) is 4.48. The number of halogens is 1. The molecule has 0 aromatic heterocycles. The molecule has 0 saturated heterocycles. The van der Waals surface area contributed by atoms with Gasteiger partial charge in [-0.15, -0.1) is 0 Å². The van der Waals surface area contributed by atoms with E-state index in [0.29, 0.717) is 5.92 Å². The molecule has 0 saturated carbocycles. The summed E-state index contributed by atoms with van der Waals surface area (Å²) >= 11 is 5.98. The van der Waals surface area contributed by atoms with Crippen molar-refractivity contribution < 1.29 is 0 Å². The van der Waals surface area contributed by atoms with E-state index in [4.69, 9.17) is 11.6 Å². The highest BCUT2D eigenvalue weighted by Gasteiger charge is 2.05. The Morgan fingerprint density at radius 1 is 1.00 bits per heavy atom. The molecule has 0 amide bonds. The van der Waals surface area contributed by atoms with Crippen LogP contribution >= 0.6 is 11.6 Å². The molecule has 1 atom stereocenters. The van der Waals surface area contributed by atoms with Gasteiger partial charge in [-0.2, -0.15) is 0 Å². The summed E-state index contributed by atoms with van der Waals surface area (Å²) in [5.41, 5.74) is 2.73. The van der Waals surface area contributed by atoms with Crippen LogP contribution in [0.3, 0.4) is 0 Å². The minimum atomic E-state index is 0.593. The van der Waals surface area contributed by atoms with Crippen molar-refractivity contribution in [3.05, 3.63) is 70.7 Å². The summed E-state index contributed by atoms with van der Waals surface area (Å²) in [5, 5.41) is 0.829. The zero-order chi connectivity index (χ0) is 12.1. The smallest absolute Gasteiger partial charge is 0.0408 e. The van der Waals surface area contributed by atoms with Gasteiger partial charge in [0.05, 0.1) is 0 Å². The predicted octanol–water partition coefficient (Wildman–Crippen LogP) is 5.08. The van der Waals surface area contributed by atoms with Crippen LogP contribution in [0.2, 0.25) is 5.02 Å². The van der Waals surface area contributed by atoms with Gasteiger partial charge in [0.15, 0.2) is 0 Å². The summed E-state index contributed by atoms with van der Waals surface area (Å²) in [6.45, 7) is 2.28. The minimum Gasteiger partial charge on any atom is -0.0843 e. The first kappa shape index (κ1) is 12.2. The fourth-order valence-corrected chi connectivity index (χ4v) is 2.24. The van der Waals surface area contributed by atoms with Crippen molar-refractivity contribution >= 4 is 11.6 Å². The predicted molar refractivity (Wildman–Crippen MR) is 74.6 cm³/mol. The Kier molecular flexibility index (Phi) is 4.22. The second kappa shape index (κ2) is 5.88. The molecule has 0 N–H and O–H groups in total. The van der Waals surface area contributed by atoms with E-state index < -0.39 is 0 Å². The lowest BCUT2D eigenvalue weighted by Crippen LogP contribution is -1.96. The molecule has 0 nitrogen and oxygen atoms in total. The molecule has 0 aliphatic rings. The van der Waals surface area contributed by atoms with Crippen molar-refractivity contribution in [1.82, 2.24) is 0 Å². The first-order chi connectivity index (χ1) is 8.25. The normalized spacial score (nSPS) is 12.4. The van der Waals surface area contributed by atoms with Crippen LogP contribution in [-0.2, 0) is 6.42 Å². The number of rotatable bonds is 4. The third kappa shape index (κ3) is 3.61. The molecule has 0 radical (unpaired) electrons. The van der Waals surface area contributed by atoms with Crippen molar-refractivity contribution in [3.63, 3.8) is 0 Å². The van der Waals surface area contributed by atoms with Crippen molar-refractivity contribution in [2.75, 3.05) is 0 Å². The van der Waals surface area contributed by atoms with E-state index in [1.165, 1.54) is 11.1 Å². The zero-order valence-electron chi connectivity index (χ0n) is 10.1. The molecule has 0 spiro atoms. The van der Waals surface area contributed by atoms with Crippen LogP contribution in [0.4, 0.5) is 0 Å². The minimum absolute atomic E-state index is 0.593. The summed E-state index contributed by atoms with van der Waals surface area (Å²) in [6, 6.07) is 18.8. The van der Waals surface area contributed by atoms with Gasteiger partial charge in [-0.25, -0.2) is 0 Å². The molecule has 0 heterocycles. The van der Waals surface area contributed by atoms with E-state index in [0.717, 1.165) is 17.9 Å². The monoisotopic (exact) mass is 244 g/mol. The van der Waals surface area contributed by atoms with Crippen LogP contribution in [0.15, 0.2) is 54.6 Å². The van der Waals surface area contributed by atoms with Gasteiger partial charge in [0.2, 0.25) is 0 Å². The van der Waals surface area contributed by atoms with Crippen molar-refractivity contribution in [2.45, 2.75) is 25.7 Å². The van der Waals surface area contributed by atoms with Gasteiger partial charge >= 0.3 is 0 Å². The molecule has 1 unspecified atom stereocenters. The highest BCUT2D eigenvalue weighted by molar-refractivity contribution is 6.30. The van der Waals surface area contributed by atoms with Crippen LogP contribution in [0, 0.1) is 0 Å². The lowest BCUT2D eigenvalue weighted by atomic mass is 9.94. The van der Waals surface area contributed by atoms with Gasteiger partial charge in [-0.3, -0.25) is 0 Å². The van der Waals surface area contributed by atoms with E-state index in [-0.39, 0.29) is 0 Å². The summed E-state index contributed by atoms with van der Waals surface area (Å²) in [5.74, 6) is 0.593. The van der Waals surface area contributed by atoms with Crippen LogP contribution in [0.1, 0.15) is 30.4 Å². The average molecular weight is 245 g/mol. The van der Waals surface area contributed by atoms with Gasteiger partial charge < -0.3 is 0 Å². The fourth-order valence-electron chi connectivity index (χ4n) is 2.02. The number of aryl methyl sites for hydroxylation is 1. The topological polar surface area (TPSA) is 0 Å². The Morgan fingerprint density at radius 2 is 1.76 bits per heavy atom. The molecule has 1 heteroatoms. The molecule has 2 rings (SSSR count). The average Bonchev–Trinajstić information content (AvgIpc) is 2.37. The Bertz CT molecular complexity index is 462. The quantitative estimate of drug-likeness (QED) is 0.704. The van der Waals surface area contributed by atoms with Crippen molar-refractivity contribution in [2.24, 2.45) is 0 Å². The fraction of sp³-hybridized carbons (Fsp3) is 0.250. The largest absolute Gasteiger partial charge is 0.0843 e. The van der Waals surface area contributed by atoms with Crippen molar-refractivity contribution in [3.8, 4) is 0 Å². The van der Waals surface area contributed by atoms with Gasteiger partial charge in [0.25, 0.3) is 0 Å². The van der Waals surface area contributed by atoms with E-state index in [1.54, 1.807) is 0 Å². The lowest BCUT2D eigenvalue weighted by Gasteiger charge is -2.11. The van der Waals surface area contributed by atoms with Crippen LogP contribution in [-0.4, -0.2) is 0 Å². The molecule has 0 aliphatic heterocycles. The molecule has 0 bridgehead atoms. The molecular weight excluding hydrogens is 228 g/mol. The summed E-state index contributed by atoms with van der Waals surface area (Å²) in [6.07, 6.45) is 2.24. The maximum atomic E-state index is 5.98. The molecule has 17 heavy (non-hydrogen) atoms. The van der Waals surface area contributed by atoms with Crippen LogP contribution in [0.5, 0.6) is 0 Å². The summed E-state index contributed by atoms with van der Waals surface area (Å²) in [7, 11) is 0. The Labute approximate surface area is 108 Å². The maximum Gasteiger partial charge on any atom is 0.0408 e. The van der Waals surface area contributed by atoms with Crippen LogP contribution < -0.4 is 0 Å². The first-order valence-electron chi connectivity index (χ1n) is 6.05. The maximum absolute atomic E-state index is 5.98. The molecular formula is C16H17Cl.